The average molecular weight is 359 g/mol. The number of rotatable bonds is 4. The third kappa shape index (κ3) is 3.98. The average Bonchev–Trinajstić information content (AvgIpc) is 3.13. The first-order valence-corrected chi connectivity index (χ1v) is 9.50. The Labute approximate surface area is 152 Å². The topological polar surface area (TPSA) is 71.0 Å². The summed E-state index contributed by atoms with van der Waals surface area (Å²) in [5.74, 6) is 2.04. The van der Waals surface area contributed by atoms with Crippen LogP contribution in [0.3, 0.4) is 0 Å². The predicted octanol–water partition coefficient (Wildman–Crippen LogP) is 3.57. The monoisotopic (exact) mass is 359 g/mol. The summed E-state index contributed by atoms with van der Waals surface area (Å²) in [6.45, 7) is 11.4. The van der Waals surface area contributed by atoms with Crippen LogP contribution in [-0.4, -0.2) is 38.8 Å². The van der Waals surface area contributed by atoms with Gasteiger partial charge in [0.25, 0.3) is 0 Å². The molecule has 0 saturated carbocycles. The van der Waals surface area contributed by atoms with Crippen LogP contribution in [-0.2, 0) is 4.79 Å². The molecule has 6 nitrogen and oxygen atoms in total. The highest BCUT2D eigenvalue weighted by Crippen LogP contribution is 2.29. The zero-order chi connectivity index (χ0) is 18.1. The maximum absolute atomic E-state index is 12.2. The van der Waals surface area contributed by atoms with Crippen LogP contribution < -0.4 is 5.32 Å². The second-order valence-corrected chi connectivity index (χ2v) is 8.14. The minimum atomic E-state index is 0.0412. The van der Waals surface area contributed by atoms with Crippen LogP contribution in [0.15, 0.2) is 6.07 Å². The van der Waals surface area contributed by atoms with Gasteiger partial charge in [0, 0.05) is 35.9 Å². The number of thiazole rings is 1. The van der Waals surface area contributed by atoms with Gasteiger partial charge in [-0.2, -0.15) is 0 Å². The van der Waals surface area contributed by atoms with E-state index in [0.717, 1.165) is 47.7 Å². The van der Waals surface area contributed by atoms with Crippen LogP contribution in [0.25, 0.3) is 0 Å². The van der Waals surface area contributed by atoms with E-state index in [1.54, 1.807) is 11.3 Å². The van der Waals surface area contributed by atoms with Crippen molar-refractivity contribution in [3.63, 3.8) is 0 Å². The van der Waals surface area contributed by atoms with Crippen molar-refractivity contribution in [1.29, 1.82) is 0 Å². The van der Waals surface area contributed by atoms with Crippen molar-refractivity contribution in [1.82, 2.24) is 19.9 Å². The second kappa shape index (κ2) is 7.07. The molecular formula is C18H25N5OS. The smallest absolute Gasteiger partial charge is 0.225 e. The van der Waals surface area contributed by atoms with E-state index in [4.69, 9.17) is 0 Å². The molecule has 1 N–H and O–H groups in total. The molecule has 1 aliphatic heterocycles. The highest BCUT2D eigenvalue weighted by atomic mass is 32.1. The Bertz CT molecular complexity index is 766. The lowest BCUT2D eigenvalue weighted by Gasteiger charge is -2.18. The molecule has 1 saturated heterocycles. The molecule has 1 atom stereocenters. The largest absolute Gasteiger partial charge is 0.342 e. The molecule has 0 aliphatic carbocycles. The number of anilines is 2. The van der Waals surface area contributed by atoms with Gasteiger partial charge in [0.1, 0.15) is 11.6 Å². The molecule has 7 heteroatoms. The molecule has 134 valence electrons. The maximum Gasteiger partial charge on any atom is 0.225 e. The summed E-state index contributed by atoms with van der Waals surface area (Å²) in [5, 5.41) is 4.15. The van der Waals surface area contributed by atoms with Crippen LogP contribution in [0.5, 0.6) is 0 Å². The van der Waals surface area contributed by atoms with Crippen molar-refractivity contribution in [2.75, 3.05) is 18.4 Å². The molecule has 2 aromatic rings. The van der Waals surface area contributed by atoms with Crippen molar-refractivity contribution in [2.45, 2.75) is 47.0 Å². The molecule has 3 heterocycles. The Morgan fingerprint density at radius 1 is 1.28 bits per heavy atom. The van der Waals surface area contributed by atoms with E-state index < -0.39 is 0 Å². The van der Waals surface area contributed by atoms with E-state index in [9.17, 15) is 4.79 Å². The minimum absolute atomic E-state index is 0.0412. The Balaban J connectivity index is 1.77. The first-order valence-electron chi connectivity index (χ1n) is 8.69. The van der Waals surface area contributed by atoms with Gasteiger partial charge >= 0.3 is 0 Å². The van der Waals surface area contributed by atoms with Crippen LogP contribution in [0, 0.1) is 26.7 Å². The van der Waals surface area contributed by atoms with Crippen molar-refractivity contribution in [2.24, 2.45) is 5.92 Å². The fraction of sp³-hybridized carbons (Fsp3) is 0.556. The van der Waals surface area contributed by atoms with Crippen LogP contribution in [0.1, 0.15) is 48.3 Å². The SMILES string of the molecule is Cc1nc(Nc2nc(C)c(C)s2)cc([C@H]2CCN(C(=O)C(C)C)C2)n1. The van der Waals surface area contributed by atoms with Gasteiger partial charge in [0.2, 0.25) is 5.91 Å². The van der Waals surface area contributed by atoms with E-state index >= 15 is 0 Å². The highest BCUT2D eigenvalue weighted by molar-refractivity contribution is 7.15. The van der Waals surface area contributed by atoms with Crippen molar-refractivity contribution >= 4 is 28.2 Å². The molecule has 1 aliphatic rings. The molecule has 0 radical (unpaired) electrons. The lowest BCUT2D eigenvalue weighted by Crippen LogP contribution is -2.32. The third-order valence-electron chi connectivity index (χ3n) is 4.53. The lowest BCUT2D eigenvalue weighted by molar-refractivity contribution is -0.133. The summed E-state index contributed by atoms with van der Waals surface area (Å²) >= 11 is 1.63. The van der Waals surface area contributed by atoms with E-state index in [1.807, 2.05) is 38.7 Å². The van der Waals surface area contributed by atoms with Crippen molar-refractivity contribution < 1.29 is 4.79 Å². The number of likely N-dealkylation sites (tertiary alicyclic amines) is 1. The standard InChI is InChI=1S/C18H25N5OS/c1-10(2)17(24)23-7-6-14(9-23)15-8-16(21-13(5)20-15)22-18-19-11(3)12(4)25-18/h8,10,14H,6-7,9H2,1-5H3,(H,19,20,21,22)/t14-/m0/s1. The Hall–Kier alpha value is -2.02. The number of aryl methyl sites for hydroxylation is 3. The first kappa shape index (κ1) is 17.8. The number of aromatic nitrogens is 3. The fourth-order valence-corrected chi connectivity index (χ4v) is 3.89. The van der Waals surface area contributed by atoms with Gasteiger partial charge in [0.15, 0.2) is 5.13 Å². The van der Waals surface area contributed by atoms with Gasteiger partial charge in [-0.05, 0) is 27.2 Å². The van der Waals surface area contributed by atoms with Crippen LogP contribution >= 0.6 is 11.3 Å². The molecule has 0 spiro atoms. The van der Waals surface area contributed by atoms with Crippen LogP contribution in [0.4, 0.5) is 10.9 Å². The summed E-state index contributed by atoms with van der Waals surface area (Å²) in [7, 11) is 0. The van der Waals surface area contributed by atoms with E-state index in [-0.39, 0.29) is 17.7 Å². The number of carbonyl (C=O) groups is 1. The number of hydrogen-bond acceptors (Lipinski definition) is 6. The predicted molar refractivity (Wildman–Crippen MR) is 100 cm³/mol. The molecule has 1 amide bonds. The number of nitrogens with one attached hydrogen (secondary N) is 1. The number of amides is 1. The summed E-state index contributed by atoms with van der Waals surface area (Å²) < 4.78 is 0. The summed E-state index contributed by atoms with van der Waals surface area (Å²) in [4.78, 5) is 29.0. The van der Waals surface area contributed by atoms with E-state index in [2.05, 4.69) is 27.2 Å². The van der Waals surface area contributed by atoms with Crippen LogP contribution in [0.2, 0.25) is 0 Å². The summed E-state index contributed by atoms with van der Waals surface area (Å²) in [6.07, 6.45) is 0.948. The Kier molecular flexibility index (Phi) is 5.03. The Morgan fingerprint density at radius 3 is 2.68 bits per heavy atom. The number of hydrogen-bond donors (Lipinski definition) is 1. The molecule has 1 fully saturated rings. The van der Waals surface area contributed by atoms with Gasteiger partial charge in [-0.3, -0.25) is 4.79 Å². The molecule has 25 heavy (non-hydrogen) atoms. The fourth-order valence-electron chi connectivity index (χ4n) is 3.07. The number of carbonyl (C=O) groups excluding carboxylic acids is 1. The second-order valence-electron chi connectivity index (χ2n) is 6.94. The van der Waals surface area contributed by atoms with Gasteiger partial charge in [-0.15, -0.1) is 11.3 Å². The van der Waals surface area contributed by atoms with E-state index in [1.165, 1.54) is 4.88 Å². The zero-order valence-electron chi connectivity index (χ0n) is 15.5. The molecule has 3 rings (SSSR count). The molecule has 2 aromatic heterocycles. The maximum atomic E-state index is 12.2. The van der Waals surface area contributed by atoms with E-state index in [0.29, 0.717) is 0 Å². The highest BCUT2D eigenvalue weighted by Gasteiger charge is 2.29. The molecule has 0 bridgehead atoms. The third-order valence-corrected chi connectivity index (χ3v) is 5.52. The first-order chi connectivity index (χ1) is 11.8. The lowest BCUT2D eigenvalue weighted by atomic mass is 10.0. The molecular weight excluding hydrogens is 334 g/mol. The van der Waals surface area contributed by atoms with Gasteiger partial charge in [-0.1, -0.05) is 13.8 Å². The van der Waals surface area contributed by atoms with Gasteiger partial charge < -0.3 is 10.2 Å². The quantitative estimate of drug-likeness (QED) is 0.903. The molecule has 0 unspecified atom stereocenters. The Morgan fingerprint density at radius 2 is 2.04 bits per heavy atom. The normalized spacial score (nSPS) is 17.4. The summed E-state index contributed by atoms with van der Waals surface area (Å²) in [6, 6.07) is 1.99. The molecule has 0 aromatic carbocycles. The van der Waals surface area contributed by atoms with Gasteiger partial charge in [0.05, 0.1) is 11.4 Å². The minimum Gasteiger partial charge on any atom is -0.342 e. The zero-order valence-corrected chi connectivity index (χ0v) is 16.3. The summed E-state index contributed by atoms with van der Waals surface area (Å²) in [5.41, 5.74) is 2.04. The van der Waals surface area contributed by atoms with Crippen molar-refractivity contribution in [3.8, 4) is 0 Å². The van der Waals surface area contributed by atoms with Crippen molar-refractivity contribution in [3.05, 3.63) is 28.2 Å². The van der Waals surface area contributed by atoms with Gasteiger partial charge in [-0.25, -0.2) is 15.0 Å². The number of nitrogens with zero attached hydrogens (tertiary/aromatic N) is 4.